The summed E-state index contributed by atoms with van der Waals surface area (Å²) >= 11 is 6.24. The van der Waals surface area contributed by atoms with Crippen molar-refractivity contribution < 1.29 is 14.4 Å². The Kier molecular flexibility index (Phi) is 8.61. The molecule has 1 aromatic carbocycles. The van der Waals surface area contributed by atoms with Crippen molar-refractivity contribution in [2.45, 2.75) is 52.6 Å². The van der Waals surface area contributed by atoms with Crippen LogP contribution in [0.3, 0.4) is 0 Å². The molecular formula is C25H31Cl2N5O3. The zero-order valence-electron chi connectivity index (χ0n) is 20.2. The van der Waals surface area contributed by atoms with E-state index in [0.29, 0.717) is 60.4 Å². The highest BCUT2D eigenvalue weighted by atomic mass is 35.5. The second kappa shape index (κ2) is 11.3. The highest BCUT2D eigenvalue weighted by molar-refractivity contribution is 6.31. The minimum atomic E-state index is -0.144. The van der Waals surface area contributed by atoms with E-state index in [1.54, 1.807) is 30.0 Å². The highest BCUT2D eigenvalue weighted by Gasteiger charge is 2.38. The van der Waals surface area contributed by atoms with E-state index in [1.165, 1.54) is 0 Å². The Hall–Kier alpha value is -2.84. The minimum Gasteiger partial charge on any atom is -0.343 e. The number of amides is 4. The van der Waals surface area contributed by atoms with Gasteiger partial charge < -0.3 is 15.1 Å². The SMILES string of the molecule is CC[C@@H](C)C(=O)Nc1ccc2c(n1)CN(C1CCN(C(C)=O)CC1)C(=O)N2c1cccc(Cl)c1.Cl. The van der Waals surface area contributed by atoms with Crippen molar-refractivity contribution in [2.24, 2.45) is 5.92 Å². The number of nitrogens with zero attached hydrogens (tertiary/aromatic N) is 4. The van der Waals surface area contributed by atoms with E-state index in [9.17, 15) is 14.4 Å². The van der Waals surface area contributed by atoms with Crippen molar-refractivity contribution in [3.05, 3.63) is 47.1 Å². The maximum Gasteiger partial charge on any atom is 0.329 e. The number of urea groups is 1. The number of benzene rings is 1. The van der Waals surface area contributed by atoms with Gasteiger partial charge in [-0.1, -0.05) is 31.5 Å². The summed E-state index contributed by atoms with van der Waals surface area (Å²) in [6.45, 7) is 6.99. The molecule has 0 unspecified atom stereocenters. The molecule has 0 aliphatic carbocycles. The number of anilines is 3. The Balaban J connectivity index is 0.00000342. The maximum absolute atomic E-state index is 13.7. The first-order valence-electron chi connectivity index (χ1n) is 11.7. The highest BCUT2D eigenvalue weighted by Crippen LogP contribution is 2.37. The summed E-state index contributed by atoms with van der Waals surface area (Å²) in [5.74, 6) is 0.320. The molecular weight excluding hydrogens is 489 g/mol. The molecule has 1 saturated heterocycles. The Morgan fingerprint density at radius 1 is 1.20 bits per heavy atom. The number of carbonyl (C=O) groups is 3. The van der Waals surface area contributed by atoms with Gasteiger partial charge in [0.1, 0.15) is 5.82 Å². The number of halogens is 2. The van der Waals surface area contributed by atoms with Gasteiger partial charge in [0, 0.05) is 37.0 Å². The second-order valence-electron chi connectivity index (χ2n) is 8.92. The zero-order valence-corrected chi connectivity index (χ0v) is 21.7. The Morgan fingerprint density at radius 2 is 1.91 bits per heavy atom. The van der Waals surface area contributed by atoms with Gasteiger partial charge in [0.25, 0.3) is 0 Å². The molecule has 35 heavy (non-hydrogen) atoms. The van der Waals surface area contributed by atoms with Crippen LogP contribution in [0.15, 0.2) is 36.4 Å². The Labute approximate surface area is 217 Å². The lowest BCUT2D eigenvalue weighted by atomic mass is 10.0. The van der Waals surface area contributed by atoms with Crippen LogP contribution in [-0.4, -0.2) is 51.8 Å². The lowest BCUT2D eigenvalue weighted by Gasteiger charge is -2.43. The van der Waals surface area contributed by atoms with Crippen LogP contribution < -0.4 is 10.2 Å². The second-order valence-corrected chi connectivity index (χ2v) is 9.36. The molecule has 0 saturated carbocycles. The fraction of sp³-hybridized carbons (Fsp3) is 0.440. The Bertz CT molecular complexity index is 1100. The first-order chi connectivity index (χ1) is 16.3. The molecule has 8 nitrogen and oxygen atoms in total. The number of aromatic nitrogens is 1. The predicted molar refractivity (Wildman–Crippen MR) is 139 cm³/mol. The third-order valence-electron chi connectivity index (χ3n) is 6.68. The summed E-state index contributed by atoms with van der Waals surface area (Å²) in [5, 5.41) is 3.42. The van der Waals surface area contributed by atoms with Crippen LogP contribution in [0.5, 0.6) is 0 Å². The number of nitrogens with one attached hydrogen (secondary N) is 1. The summed E-state index contributed by atoms with van der Waals surface area (Å²) in [6, 6.07) is 10.6. The average molecular weight is 520 g/mol. The van der Waals surface area contributed by atoms with Gasteiger partial charge in [-0.25, -0.2) is 9.78 Å². The van der Waals surface area contributed by atoms with Gasteiger partial charge in [0.15, 0.2) is 0 Å². The maximum atomic E-state index is 13.7. The molecule has 1 aromatic heterocycles. The topological polar surface area (TPSA) is 85.9 Å². The summed E-state index contributed by atoms with van der Waals surface area (Å²) in [4.78, 5) is 47.9. The smallest absolute Gasteiger partial charge is 0.329 e. The third kappa shape index (κ3) is 5.70. The van der Waals surface area contributed by atoms with Gasteiger partial charge in [0.05, 0.1) is 23.6 Å². The molecule has 10 heteroatoms. The van der Waals surface area contributed by atoms with Crippen LogP contribution in [-0.2, 0) is 16.1 Å². The molecule has 2 aromatic rings. The number of rotatable bonds is 5. The third-order valence-corrected chi connectivity index (χ3v) is 6.91. The van der Waals surface area contributed by atoms with Gasteiger partial charge in [-0.15, -0.1) is 12.4 Å². The number of piperidine rings is 1. The molecule has 1 N–H and O–H groups in total. The molecule has 0 spiro atoms. The van der Waals surface area contributed by atoms with Crippen LogP contribution in [0, 0.1) is 5.92 Å². The van der Waals surface area contributed by atoms with Crippen LogP contribution in [0.1, 0.15) is 45.7 Å². The summed E-state index contributed by atoms with van der Waals surface area (Å²) < 4.78 is 0. The van der Waals surface area contributed by atoms with Crippen molar-refractivity contribution >= 4 is 59.0 Å². The van der Waals surface area contributed by atoms with Gasteiger partial charge in [-0.05, 0) is 49.6 Å². The van der Waals surface area contributed by atoms with E-state index >= 15 is 0 Å². The van der Waals surface area contributed by atoms with Gasteiger partial charge in [-0.2, -0.15) is 0 Å². The number of fused-ring (bicyclic) bond motifs is 1. The number of likely N-dealkylation sites (tertiary alicyclic amines) is 1. The average Bonchev–Trinajstić information content (AvgIpc) is 2.83. The van der Waals surface area contributed by atoms with Crippen LogP contribution in [0.25, 0.3) is 0 Å². The number of carbonyl (C=O) groups excluding carboxylic acids is 3. The van der Waals surface area contributed by atoms with Crippen LogP contribution in [0.4, 0.5) is 22.0 Å². The lowest BCUT2D eigenvalue weighted by Crippen LogP contribution is -2.53. The lowest BCUT2D eigenvalue weighted by molar-refractivity contribution is -0.130. The van der Waals surface area contributed by atoms with E-state index in [-0.39, 0.29) is 42.2 Å². The number of hydrogen-bond acceptors (Lipinski definition) is 4. The molecule has 1 atom stereocenters. The number of hydrogen-bond donors (Lipinski definition) is 1. The van der Waals surface area contributed by atoms with E-state index in [0.717, 1.165) is 6.42 Å². The zero-order chi connectivity index (χ0) is 24.4. The van der Waals surface area contributed by atoms with Crippen molar-refractivity contribution in [1.82, 2.24) is 14.8 Å². The monoisotopic (exact) mass is 519 g/mol. The molecule has 0 bridgehead atoms. The van der Waals surface area contributed by atoms with Gasteiger partial charge >= 0.3 is 6.03 Å². The van der Waals surface area contributed by atoms with E-state index in [1.807, 2.05) is 41.8 Å². The van der Waals surface area contributed by atoms with Crippen LogP contribution in [0.2, 0.25) is 5.02 Å². The van der Waals surface area contributed by atoms with Crippen molar-refractivity contribution in [3.8, 4) is 0 Å². The normalized spacial score (nSPS) is 16.9. The van der Waals surface area contributed by atoms with Gasteiger partial charge in [-0.3, -0.25) is 14.5 Å². The molecule has 2 aliphatic heterocycles. The fourth-order valence-electron chi connectivity index (χ4n) is 4.42. The summed E-state index contributed by atoms with van der Waals surface area (Å²) in [6.07, 6.45) is 2.14. The predicted octanol–water partition coefficient (Wildman–Crippen LogP) is 5.23. The van der Waals surface area contributed by atoms with Gasteiger partial charge in [0.2, 0.25) is 11.8 Å². The number of pyridine rings is 1. The molecule has 188 valence electrons. The minimum absolute atomic E-state index is 0. The first kappa shape index (κ1) is 26.8. The quantitative estimate of drug-likeness (QED) is 0.586. The molecule has 3 heterocycles. The largest absolute Gasteiger partial charge is 0.343 e. The van der Waals surface area contributed by atoms with Crippen molar-refractivity contribution in [2.75, 3.05) is 23.3 Å². The molecule has 1 fully saturated rings. The fourth-order valence-corrected chi connectivity index (χ4v) is 4.61. The first-order valence-corrected chi connectivity index (χ1v) is 12.1. The molecule has 0 radical (unpaired) electrons. The molecule has 4 rings (SSSR count). The summed E-state index contributed by atoms with van der Waals surface area (Å²) in [7, 11) is 0. The van der Waals surface area contributed by atoms with Crippen molar-refractivity contribution in [3.63, 3.8) is 0 Å². The molecule has 2 aliphatic rings. The summed E-state index contributed by atoms with van der Waals surface area (Å²) in [5.41, 5.74) is 2.03. The Morgan fingerprint density at radius 3 is 2.54 bits per heavy atom. The standard InChI is InChI=1S/C25H30ClN5O3.ClH/c1-4-16(2)24(33)28-23-9-8-22-21(27-23)15-30(19-10-12-29(13-11-19)17(3)32)25(34)31(22)20-7-5-6-18(26)14-20;/h5-9,14,16,19H,4,10-13,15H2,1-3H3,(H,27,28,33);1H/t16-;/m1./s1. The van der Waals surface area contributed by atoms with E-state index in [4.69, 9.17) is 16.6 Å². The molecule has 4 amide bonds. The van der Waals surface area contributed by atoms with E-state index < -0.39 is 0 Å². The van der Waals surface area contributed by atoms with Crippen molar-refractivity contribution in [1.29, 1.82) is 0 Å². The van der Waals surface area contributed by atoms with Crippen LogP contribution >= 0.6 is 24.0 Å². The van der Waals surface area contributed by atoms with E-state index in [2.05, 4.69) is 5.32 Å².